The Balaban J connectivity index is 2.92. The third-order valence-corrected chi connectivity index (χ3v) is 2.72. The van der Waals surface area contributed by atoms with E-state index in [2.05, 4.69) is 17.2 Å². The van der Waals surface area contributed by atoms with Crippen LogP contribution in [-0.4, -0.2) is 44.5 Å². The molecular weight excluding hydrogens is 270 g/mol. The number of amides is 1. The van der Waals surface area contributed by atoms with Crippen molar-refractivity contribution < 1.29 is 19.4 Å². The average Bonchev–Trinajstić information content (AvgIpc) is 2.47. The zero-order valence-electron chi connectivity index (χ0n) is 12.6. The van der Waals surface area contributed by atoms with E-state index in [4.69, 9.17) is 14.6 Å². The minimum absolute atomic E-state index is 0.00399. The Morgan fingerprint density at radius 2 is 2.19 bits per heavy atom. The van der Waals surface area contributed by atoms with E-state index in [-0.39, 0.29) is 18.6 Å². The zero-order chi connectivity index (χ0) is 15.7. The fourth-order valence-corrected chi connectivity index (χ4v) is 1.76. The standard InChI is InChI=1S/C16H21NO4/c1-12(11-20-2)17-16(19)14-7-8-15(21-3)13(10-14)6-4-5-9-18/h7-8,10,12,18H,5,9,11H2,1-3H3,(H,17,19). The summed E-state index contributed by atoms with van der Waals surface area (Å²) in [5.41, 5.74) is 1.13. The Labute approximate surface area is 125 Å². The molecule has 0 spiro atoms. The minimum atomic E-state index is -0.188. The Hall–Kier alpha value is -2.03. The van der Waals surface area contributed by atoms with Crippen molar-refractivity contribution in [3.05, 3.63) is 29.3 Å². The summed E-state index contributed by atoms with van der Waals surface area (Å²) in [5, 5.41) is 11.6. The molecule has 0 aliphatic rings. The molecule has 5 heteroatoms. The molecule has 1 aromatic rings. The molecule has 0 aliphatic carbocycles. The molecule has 1 rings (SSSR count). The van der Waals surface area contributed by atoms with Crippen molar-refractivity contribution >= 4 is 5.91 Å². The lowest BCUT2D eigenvalue weighted by molar-refractivity contribution is 0.0905. The maximum Gasteiger partial charge on any atom is 0.251 e. The Kier molecular flexibility index (Phi) is 7.30. The van der Waals surface area contributed by atoms with Crippen molar-refractivity contribution in [3.63, 3.8) is 0 Å². The summed E-state index contributed by atoms with van der Waals surface area (Å²) in [7, 11) is 3.14. The van der Waals surface area contributed by atoms with Gasteiger partial charge in [0.1, 0.15) is 5.75 Å². The minimum Gasteiger partial charge on any atom is -0.495 e. The van der Waals surface area contributed by atoms with E-state index in [1.54, 1.807) is 32.4 Å². The van der Waals surface area contributed by atoms with Crippen molar-refractivity contribution in [1.29, 1.82) is 0 Å². The van der Waals surface area contributed by atoms with Gasteiger partial charge in [-0.15, -0.1) is 0 Å². The van der Waals surface area contributed by atoms with Crippen LogP contribution in [0.15, 0.2) is 18.2 Å². The number of rotatable bonds is 6. The van der Waals surface area contributed by atoms with Gasteiger partial charge in [0.2, 0.25) is 0 Å². The van der Waals surface area contributed by atoms with Gasteiger partial charge in [-0.05, 0) is 25.1 Å². The largest absolute Gasteiger partial charge is 0.495 e. The van der Waals surface area contributed by atoms with Crippen LogP contribution in [0.3, 0.4) is 0 Å². The van der Waals surface area contributed by atoms with Crippen LogP contribution in [0.25, 0.3) is 0 Å². The van der Waals surface area contributed by atoms with Gasteiger partial charge in [-0.3, -0.25) is 4.79 Å². The third kappa shape index (κ3) is 5.46. The average molecular weight is 291 g/mol. The lowest BCUT2D eigenvalue weighted by atomic mass is 10.1. The highest BCUT2D eigenvalue weighted by Gasteiger charge is 2.11. The predicted molar refractivity (Wildman–Crippen MR) is 80.4 cm³/mol. The van der Waals surface area contributed by atoms with E-state index in [1.807, 2.05) is 6.92 Å². The maximum absolute atomic E-state index is 12.1. The first-order valence-corrected chi connectivity index (χ1v) is 6.70. The first-order chi connectivity index (χ1) is 10.1. The molecule has 1 amide bonds. The lowest BCUT2D eigenvalue weighted by Crippen LogP contribution is -2.35. The summed E-state index contributed by atoms with van der Waals surface area (Å²) in [4.78, 5) is 12.1. The first-order valence-electron chi connectivity index (χ1n) is 6.70. The summed E-state index contributed by atoms with van der Waals surface area (Å²) in [6.45, 7) is 2.32. The molecular formula is C16H21NO4. The van der Waals surface area contributed by atoms with E-state index in [9.17, 15) is 4.79 Å². The maximum atomic E-state index is 12.1. The summed E-state index contributed by atoms with van der Waals surface area (Å²) in [5.74, 6) is 6.13. The van der Waals surface area contributed by atoms with Gasteiger partial charge in [-0.1, -0.05) is 11.8 Å². The molecule has 1 unspecified atom stereocenters. The number of benzene rings is 1. The number of methoxy groups -OCH3 is 2. The molecule has 0 fully saturated rings. The first kappa shape index (κ1) is 17.0. The van der Waals surface area contributed by atoms with Crippen LogP contribution in [0.5, 0.6) is 5.75 Å². The second-order valence-electron chi connectivity index (χ2n) is 4.52. The van der Waals surface area contributed by atoms with Gasteiger partial charge in [-0.2, -0.15) is 0 Å². The van der Waals surface area contributed by atoms with E-state index in [0.29, 0.717) is 29.9 Å². The van der Waals surface area contributed by atoms with Crippen LogP contribution in [0.4, 0.5) is 0 Å². The van der Waals surface area contributed by atoms with Gasteiger partial charge in [0.25, 0.3) is 5.91 Å². The molecule has 5 nitrogen and oxygen atoms in total. The lowest BCUT2D eigenvalue weighted by Gasteiger charge is -2.13. The van der Waals surface area contributed by atoms with E-state index < -0.39 is 0 Å². The number of hydrogen-bond donors (Lipinski definition) is 2. The highest BCUT2D eigenvalue weighted by atomic mass is 16.5. The highest BCUT2D eigenvalue weighted by molar-refractivity contribution is 5.95. The fourth-order valence-electron chi connectivity index (χ4n) is 1.76. The summed E-state index contributed by atoms with van der Waals surface area (Å²) in [6.07, 6.45) is 0.379. The number of hydrogen-bond acceptors (Lipinski definition) is 4. The highest BCUT2D eigenvalue weighted by Crippen LogP contribution is 2.19. The molecule has 0 aromatic heterocycles. The summed E-state index contributed by atoms with van der Waals surface area (Å²) >= 11 is 0. The molecule has 0 heterocycles. The predicted octanol–water partition coefficient (Wildman–Crippen LogP) is 1.19. The monoisotopic (exact) mass is 291 g/mol. The Morgan fingerprint density at radius 1 is 1.43 bits per heavy atom. The number of nitrogens with one attached hydrogen (secondary N) is 1. The molecule has 0 aliphatic heterocycles. The van der Waals surface area contributed by atoms with Crippen molar-refractivity contribution in [2.24, 2.45) is 0 Å². The van der Waals surface area contributed by atoms with E-state index in [1.165, 1.54) is 0 Å². The Morgan fingerprint density at radius 3 is 2.81 bits per heavy atom. The molecule has 2 N–H and O–H groups in total. The van der Waals surface area contributed by atoms with Crippen LogP contribution in [0.2, 0.25) is 0 Å². The number of aliphatic hydroxyl groups is 1. The van der Waals surface area contributed by atoms with Crippen LogP contribution in [-0.2, 0) is 4.74 Å². The van der Waals surface area contributed by atoms with Gasteiger partial charge in [0.05, 0.1) is 25.9 Å². The van der Waals surface area contributed by atoms with E-state index >= 15 is 0 Å². The normalized spacial score (nSPS) is 11.2. The van der Waals surface area contributed by atoms with Crippen LogP contribution >= 0.6 is 0 Å². The van der Waals surface area contributed by atoms with Gasteiger partial charge in [0, 0.05) is 25.1 Å². The van der Waals surface area contributed by atoms with Crippen molar-refractivity contribution in [2.45, 2.75) is 19.4 Å². The molecule has 21 heavy (non-hydrogen) atoms. The summed E-state index contributed by atoms with van der Waals surface area (Å²) in [6, 6.07) is 5.00. The summed E-state index contributed by atoms with van der Waals surface area (Å²) < 4.78 is 10.2. The molecule has 114 valence electrons. The smallest absolute Gasteiger partial charge is 0.251 e. The van der Waals surface area contributed by atoms with Crippen molar-refractivity contribution in [1.82, 2.24) is 5.32 Å². The van der Waals surface area contributed by atoms with Crippen LogP contribution < -0.4 is 10.1 Å². The van der Waals surface area contributed by atoms with Crippen LogP contribution in [0, 0.1) is 11.8 Å². The van der Waals surface area contributed by atoms with Gasteiger partial charge < -0.3 is 19.9 Å². The molecule has 0 radical (unpaired) electrons. The van der Waals surface area contributed by atoms with E-state index in [0.717, 1.165) is 0 Å². The number of aliphatic hydroxyl groups excluding tert-OH is 1. The molecule has 0 saturated carbocycles. The number of carbonyl (C=O) groups is 1. The third-order valence-electron chi connectivity index (χ3n) is 2.72. The number of carbonyl (C=O) groups excluding carboxylic acids is 1. The number of ether oxygens (including phenoxy) is 2. The van der Waals surface area contributed by atoms with Gasteiger partial charge >= 0.3 is 0 Å². The van der Waals surface area contributed by atoms with Gasteiger partial charge in [-0.25, -0.2) is 0 Å². The zero-order valence-corrected chi connectivity index (χ0v) is 12.6. The van der Waals surface area contributed by atoms with Crippen molar-refractivity contribution in [3.8, 4) is 17.6 Å². The van der Waals surface area contributed by atoms with Gasteiger partial charge in [0.15, 0.2) is 0 Å². The second kappa shape index (κ2) is 9.01. The molecule has 0 bridgehead atoms. The van der Waals surface area contributed by atoms with Crippen LogP contribution in [0.1, 0.15) is 29.3 Å². The molecule has 0 saturated heterocycles. The SMILES string of the molecule is COCC(C)NC(=O)c1ccc(OC)c(C#CCCO)c1. The fraction of sp³-hybridized carbons (Fsp3) is 0.438. The topological polar surface area (TPSA) is 67.8 Å². The second-order valence-corrected chi connectivity index (χ2v) is 4.52. The molecule has 1 aromatic carbocycles. The molecule has 1 atom stereocenters. The van der Waals surface area contributed by atoms with Crippen molar-refractivity contribution in [2.75, 3.05) is 27.4 Å². The Bertz CT molecular complexity index is 531. The quantitative estimate of drug-likeness (QED) is 0.773.